The predicted octanol–water partition coefficient (Wildman–Crippen LogP) is 3.41. The maximum absolute atomic E-state index is 11.3. The highest BCUT2D eigenvalue weighted by molar-refractivity contribution is 6.13. The molecule has 0 fully saturated rings. The fraction of sp³-hybridized carbons (Fsp3) is 0.500. The molecule has 0 amide bonds. The fourth-order valence-corrected chi connectivity index (χ4v) is 2.86. The zero-order valence-corrected chi connectivity index (χ0v) is 12.2. The monoisotopic (exact) mass is 278 g/mol. The van der Waals surface area contributed by atoms with Gasteiger partial charge in [-0.05, 0) is 24.8 Å². The molecule has 20 heavy (non-hydrogen) atoms. The second kappa shape index (κ2) is 6.55. The number of allylic oxidation sites excluding steroid dienone is 5. The van der Waals surface area contributed by atoms with E-state index in [4.69, 9.17) is 0 Å². The maximum atomic E-state index is 11.3. The van der Waals surface area contributed by atoms with Gasteiger partial charge in [0.25, 0.3) is 0 Å². The van der Waals surface area contributed by atoms with Crippen LogP contribution in [-0.2, 0) is 9.59 Å². The second-order valence-corrected chi connectivity index (χ2v) is 5.29. The Balaban J connectivity index is 3.40. The van der Waals surface area contributed by atoms with Gasteiger partial charge >= 0.3 is 11.9 Å². The molecular weight excluding hydrogens is 256 g/mol. The summed E-state index contributed by atoms with van der Waals surface area (Å²) in [5.41, 5.74) is -0.594. The Kier molecular flexibility index (Phi) is 5.31. The lowest BCUT2D eigenvalue weighted by molar-refractivity contribution is -0.140. The number of carbonyl (C=O) groups is 2. The summed E-state index contributed by atoms with van der Waals surface area (Å²) in [5.74, 6) is -2.67. The molecule has 4 nitrogen and oxygen atoms in total. The minimum atomic E-state index is -1.37. The zero-order valence-electron chi connectivity index (χ0n) is 12.2. The molecule has 0 aliphatic heterocycles. The molecule has 1 aliphatic rings. The first-order valence-corrected chi connectivity index (χ1v) is 6.90. The van der Waals surface area contributed by atoms with Crippen molar-refractivity contribution in [1.82, 2.24) is 0 Å². The SMILES string of the molecule is CCCCC1(C(C)=C(C(=O)O)C(=O)O)C=CC=CC1C. The van der Waals surface area contributed by atoms with E-state index in [-0.39, 0.29) is 5.92 Å². The van der Waals surface area contributed by atoms with Gasteiger partial charge in [0.15, 0.2) is 0 Å². The molecule has 0 saturated carbocycles. The van der Waals surface area contributed by atoms with Gasteiger partial charge in [0.2, 0.25) is 0 Å². The molecule has 2 N–H and O–H groups in total. The fourth-order valence-electron chi connectivity index (χ4n) is 2.86. The van der Waals surface area contributed by atoms with Crippen LogP contribution >= 0.6 is 0 Å². The third kappa shape index (κ3) is 3.00. The van der Waals surface area contributed by atoms with Crippen molar-refractivity contribution in [3.63, 3.8) is 0 Å². The Bertz CT molecular complexity index is 469. The van der Waals surface area contributed by atoms with Crippen LogP contribution in [0.1, 0.15) is 40.0 Å². The third-order valence-electron chi connectivity index (χ3n) is 4.16. The van der Waals surface area contributed by atoms with Crippen molar-refractivity contribution in [1.29, 1.82) is 0 Å². The molecule has 4 heteroatoms. The molecule has 0 bridgehead atoms. The number of aliphatic carboxylic acids is 2. The number of hydrogen-bond acceptors (Lipinski definition) is 2. The largest absolute Gasteiger partial charge is 0.477 e. The Hall–Kier alpha value is -1.84. The molecule has 0 spiro atoms. The van der Waals surface area contributed by atoms with Crippen molar-refractivity contribution in [2.45, 2.75) is 40.0 Å². The van der Waals surface area contributed by atoms with Gasteiger partial charge in [-0.1, -0.05) is 51.0 Å². The van der Waals surface area contributed by atoms with Gasteiger partial charge in [0.05, 0.1) is 0 Å². The van der Waals surface area contributed by atoms with E-state index in [1.165, 1.54) is 0 Å². The number of carboxylic acids is 2. The quantitative estimate of drug-likeness (QED) is 0.443. The van der Waals surface area contributed by atoms with E-state index < -0.39 is 22.9 Å². The Labute approximate surface area is 119 Å². The van der Waals surface area contributed by atoms with Crippen molar-refractivity contribution in [3.8, 4) is 0 Å². The molecular formula is C16H22O4. The van der Waals surface area contributed by atoms with Crippen molar-refractivity contribution in [2.75, 3.05) is 0 Å². The van der Waals surface area contributed by atoms with E-state index in [0.717, 1.165) is 19.3 Å². The van der Waals surface area contributed by atoms with E-state index in [1.807, 2.05) is 31.2 Å². The van der Waals surface area contributed by atoms with Crippen molar-refractivity contribution in [3.05, 3.63) is 35.5 Å². The molecule has 0 aromatic carbocycles. The van der Waals surface area contributed by atoms with Gasteiger partial charge in [0, 0.05) is 5.41 Å². The van der Waals surface area contributed by atoms with Gasteiger partial charge in [-0.15, -0.1) is 0 Å². The average molecular weight is 278 g/mol. The van der Waals surface area contributed by atoms with E-state index >= 15 is 0 Å². The van der Waals surface area contributed by atoms with Crippen LogP contribution in [0.15, 0.2) is 35.5 Å². The lowest BCUT2D eigenvalue weighted by Crippen LogP contribution is -2.32. The van der Waals surface area contributed by atoms with Crippen LogP contribution < -0.4 is 0 Å². The average Bonchev–Trinajstić information content (AvgIpc) is 2.37. The highest BCUT2D eigenvalue weighted by Crippen LogP contribution is 2.45. The minimum absolute atomic E-state index is 0.0766. The molecule has 1 aliphatic carbocycles. The summed E-state index contributed by atoms with van der Waals surface area (Å²) in [4.78, 5) is 22.5. The van der Waals surface area contributed by atoms with E-state index in [9.17, 15) is 19.8 Å². The van der Waals surface area contributed by atoms with Gasteiger partial charge in [-0.3, -0.25) is 0 Å². The van der Waals surface area contributed by atoms with Gasteiger partial charge in [0.1, 0.15) is 5.57 Å². The minimum Gasteiger partial charge on any atom is -0.477 e. The van der Waals surface area contributed by atoms with Crippen LogP contribution in [0.3, 0.4) is 0 Å². The highest BCUT2D eigenvalue weighted by Gasteiger charge is 2.39. The second-order valence-electron chi connectivity index (χ2n) is 5.29. The molecule has 110 valence electrons. The summed E-state index contributed by atoms with van der Waals surface area (Å²) in [6, 6.07) is 0. The first-order chi connectivity index (χ1) is 9.36. The smallest absolute Gasteiger partial charge is 0.343 e. The summed E-state index contributed by atoms with van der Waals surface area (Å²) < 4.78 is 0. The summed E-state index contributed by atoms with van der Waals surface area (Å²) in [6.45, 7) is 5.70. The summed E-state index contributed by atoms with van der Waals surface area (Å²) in [7, 11) is 0. The van der Waals surface area contributed by atoms with Crippen LogP contribution in [0.2, 0.25) is 0 Å². The van der Waals surface area contributed by atoms with Gasteiger partial charge in [-0.2, -0.15) is 0 Å². The van der Waals surface area contributed by atoms with Gasteiger partial charge < -0.3 is 10.2 Å². The lowest BCUT2D eigenvalue weighted by Gasteiger charge is -2.39. The molecule has 1 rings (SSSR count). The zero-order chi connectivity index (χ0) is 15.3. The Morgan fingerprint density at radius 2 is 1.80 bits per heavy atom. The van der Waals surface area contributed by atoms with Crippen molar-refractivity contribution >= 4 is 11.9 Å². The lowest BCUT2D eigenvalue weighted by atomic mass is 9.65. The predicted molar refractivity (Wildman–Crippen MR) is 77.4 cm³/mol. The van der Waals surface area contributed by atoms with E-state index in [1.54, 1.807) is 6.92 Å². The number of carboxylic acid groups (broad SMARTS) is 2. The van der Waals surface area contributed by atoms with Crippen LogP contribution in [0, 0.1) is 11.3 Å². The first-order valence-electron chi connectivity index (χ1n) is 6.90. The van der Waals surface area contributed by atoms with Crippen LogP contribution in [0.4, 0.5) is 0 Å². The first kappa shape index (κ1) is 16.2. The van der Waals surface area contributed by atoms with Crippen LogP contribution in [-0.4, -0.2) is 22.2 Å². The maximum Gasteiger partial charge on any atom is 0.343 e. The molecule has 0 aromatic heterocycles. The van der Waals surface area contributed by atoms with Gasteiger partial charge in [-0.25, -0.2) is 9.59 Å². The molecule has 2 atom stereocenters. The van der Waals surface area contributed by atoms with Crippen LogP contribution in [0.25, 0.3) is 0 Å². The topological polar surface area (TPSA) is 74.6 Å². The van der Waals surface area contributed by atoms with Crippen LogP contribution in [0.5, 0.6) is 0 Å². The molecule has 2 unspecified atom stereocenters. The van der Waals surface area contributed by atoms with Crippen molar-refractivity contribution < 1.29 is 19.8 Å². The summed E-state index contributed by atoms with van der Waals surface area (Å²) >= 11 is 0. The summed E-state index contributed by atoms with van der Waals surface area (Å²) in [5, 5.41) is 18.4. The summed E-state index contributed by atoms with van der Waals surface area (Å²) in [6.07, 6.45) is 10.4. The Morgan fingerprint density at radius 1 is 1.20 bits per heavy atom. The standard InChI is InChI=1S/C16H22O4/c1-4-5-9-16(10-7-6-8-11(16)2)12(3)13(14(17)18)15(19)20/h6-8,10-11H,4-5,9H2,1-3H3,(H,17,18)(H,19,20). The normalized spacial score (nSPS) is 24.4. The third-order valence-corrected chi connectivity index (χ3v) is 4.16. The molecule has 0 heterocycles. The highest BCUT2D eigenvalue weighted by atomic mass is 16.4. The molecule has 0 radical (unpaired) electrons. The van der Waals surface area contributed by atoms with E-state index in [2.05, 4.69) is 6.92 Å². The number of unbranched alkanes of at least 4 members (excludes halogenated alkanes) is 1. The number of rotatable bonds is 6. The number of hydrogen-bond donors (Lipinski definition) is 2. The molecule has 0 saturated heterocycles. The Morgan fingerprint density at radius 3 is 2.25 bits per heavy atom. The molecule has 0 aromatic rings. The van der Waals surface area contributed by atoms with E-state index in [0.29, 0.717) is 5.57 Å². The van der Waals surface area contributed by atoms with Crippen molar-refractivity contribution in [2.24, 2.45) is 11.3 Å².